The van der Waals surface area contributed by atoms with E-state index in [1.54, 1.807) is 9.80 Å². The molecule has 0 aromatic heterocycles. The average Bonchev–Trinajstić information content (AvgIpc) is 2.71. The molecule has 26 heavy (non-hydrogen) atoms. The molecule has 0 unspecified atom stereocenters. The van der Waals surface area contributed by atoms with Crippen LogP contribution in [0.5, 0.6) is 0 Å². The first-order valence-corrected chi connectivity index (χ1v) is 9.63. The van der Waals surface area contributed by atoms with Crippen LogP contribution in [0.25, 0.3) is 0 Å². The van der Waals surface area contributed by atoms with Gasteiger partial charge >= 0.3 is 163 Å². The van der Waals surface area contributed by atoms with Gasteiger partial charge in [-0.05, 0) is 0 Å². The molecule has 1 heterocycles. The molecule has 2 aromatic carbocycles. The maximum atomic E-state index is 10.9. The molecular formula is C21H26N2O2Se. The van der Waals surface area contributed by atoms with E-state index in [2.05, 4.69) is 53.7 Å². The molecule has 1 aliphatic rings. The van der Waals surface area contributed by atoms with E-state index < -0.39 is 12.5 Å². The summed E-state index contributed by atoms with van der Waals surface area (Å²) in [6.45, 7) is 12.3. The fourth-order valence-electron chi connectivity index (χ4n) is 4.17. The number of rotatable bonds is 2. The van der Waals surface area contributed by atoms with Gasteiger partial charge < -0.3 is 0 Å². The van der Waals surface area contributed by atoms with Gasteiger partial charge in [0, 0.05) is 0 Å². The number of benzene rings is 2. The summed E-state index contributed by atoms with van der Waals surface area (Å²) >= 11 is 3.08. The van der Waals surface area contributed by atoms with Crippen molar-refractivity contribution < 1.29 is 10.2 Å². The molecule has 2 N–H and O–H groups in total. The number of hydrogen-bond acceptors (Lipinski definition) is 4. The molecular weight excluding hydrogens is 391 g/mol. The summed E-state index contributed by atoms with van der Waals surface area (Å²) < 4.78 is 0.704. The maximum absolute atomic E-state index is 10.9. The van der Waals surface area contributed by atoms with Gasteiger partial charge in [-0.1, -0.05) is 0 Å². The fraction of sp³-hybridized carbons (Fsp3) is 0.381. The number of aliphatic hydroxyl groups excluding tert-OH is 2. The van der Waals surface area contributed by atoms with Crippen molar-refractivity contribution in [3.05, 3.63) is 57.6 Å². The van der Waals surface area contributed by atoms with Crippen molar-refractivity contribution in [2.45, 2.75) is 54.0 Å². The van der Waals surface area contributed by atoms with Gasteiger partial charge in [0.2, 0.25) is 0 Å². The summed E-state index contributed by atoms with van der Waals surface area (Å²) in [5.74, 6) is 0. The van der Waals surface area contributed by atoms with E-state index in [0.29, 0.717) is 4.67 Å². The van der Waals surface area contributed by atoms with Gasteiger partial charge in [0.25, 0.3) is 0 Å². The van der Waals surface area contributed by atoms with Crippen molar-refractivity contribution in [2.75, 3.05) is 9.80 Å². The number of nitrogens with zero attached hydrogens (tertiary/aromatic N) is 2. The molecule has 0 amide bonds. The van der Waals surface area contributed by atoms with Crippen molar-refractivity contribution in [2.24, 2.45) is 0 Å². The first kappa shape index (κ1) is 19.1. The molecule has 1 fully saturated rings. The SMILES string of the molecule is Cc1cc(C)c(N2C(=[Se])N(c3c(C)cc(C)cc3C)[C@H](O)[C@H]2O)c(C)c1. The second-order valence-corrected chi connectivity index (χ2v) is 8.11. The Kier molecular flexibility index (Phi) is 5.02. The third-order valence-corrected chi connectivity index (χ3v) is 5.79. The number of aryl methyl sites for hydroxylation is 6. The van der Waals surface area contributed by atoms with Crippen LogP contribution in [0.3, 0.4) is 0 Å². The normalized spacial score (nSPS) is 20.2. The average molecular weight is 417 g/mol. The van der Waals surface area contributed by atoms with Gasteiger partial charge in [0.05, 0.1) is 0 Å². The molecule has 138 valence electrons. The van der Waals surface area contributed by atoms with Gasteiger partial charge in [-0.15, -0.1) is 0 Å². The van der Waals surface area contributed by atoms with Crippen LogP contribution in [0, 0.1) is 41.5 Å². The van der Waals surface area contributed by atoms with Crippen LogP contribution in [-0.4, -0.2) is 42.9 Å². The zero-order chi connectivity index (χ0) is 19.3. The molecule has 2 atom stereocenters. The molecule has 0 aliphatic carbocycles. The quantitative estimate of drug-likeness (QED) is 0.738. The van der Waals surface area contributed by atoms with Gasteiger partial charge in [-0.2, -0.15) is 0 Å². The van der Waals surface area contributed by atoms with Crippen molar-refractivity contribution >= 4 is 31.6 Å². The summed E-state index contributed by atoms with van der Waals surface area (Å²) in [5, 5.41) is 21.7. The summed E-state index contributed by atoms with van der Waals surface area (Å²) in [5.41, 5.74) is 8.51. The Balaban J connectivity index is 2.13. The number of aliphatic hydroxyl groups is 2. The van der Waals surface area contributed by atoms with Crippen molar-refractivity contribution in [3.8, 4) is 0 Å². The van der Waals surface area contributed by atoms with E-state index in [1.807, 2.05) is 27.7 Å². The first-order valence-electron chi connectivity index (χ1n) is 8.77. The molecule has 1 saturated heterocycles. The van der Waals surface area contributed by atoms with E-state index in [9.17, 15) is 10.2 Å². The zero-order valence-corrected chi connectivity index (χ0v) is 17.9. The third-order valence-electron chi connectivity index (χ3n) is 4.96. The van der Waals surface area contributed by atoms with Crippen molar-refractivity contribution in [3.63, 3.8) is 0 Å². The Hall–Kier alpha value is -1.65. The van der Waals surface area contributed by atoms with Crippen LogP contribution < -0.4 is 9.80 Å². The van der Waals surface area contributed by atoms with Gasteiger partial charge in [0.1, 0.15) is 0 Å². The molecule has 4 nitrogen and oxygen atoms in total. The number of hydrogen-bond donors (Lipinski definition) is 2. The van der Waals surface area contributed by atoms with Crippen LogP contribution in [0.15, 0.2) is 24.3 Å². The van der Waals surface area contributed by atoms with E-state index >= 15 is 0 Å². The molecule has 3 rings (SSSR count). The van der Waals surface area contributed by atoms with Crippen LogP contribution in [0.2, 0.25) is 0 Å². The Bertz CT molecular complexity index is 776. The Morgan fingerprint density at radius 1 is 0.654 bits per heavy atom. The van der Waals surface area contributed by atoms with Crippen LogP contribution in [0.1, 0.15) is 33.4 Å². The van der Waals surface area contributed by atoms with Gasteiger partial charge in [0.15, 0.2) is 0 Å². The molecule has 2 aromatic rings. The van der Waals surface area contributed by atoms with E-state index in [1.165, 1.54) is 11.1 Å². The second-order valence-electron chi connectivity index (χ2n) is 7.34. The van der Waals surface area contributed by atoms with Gasteiger partial charge in [-0.25, -0.2) is 0 Å². The topological polar surface area (TPSA) is 46.9 Å². The predicted molar refractivity (Wildman–Crippen MR) is 109 cm³/mol. The standard InChI is InChI=1S/C21H26N2O2Se/c1-11-7-13(3)17(14(4)8-11)22-19(24)20(25)23(21(22)26)18-15(5)9-12(2)10-16(18)6/h7-10,19-20,24-25H,1-6H3/t19-,20-/m1/s1. The van der Waals surface area contributed by atoms with E-state index in [0.717, 1.165) is 33.6 Å². The third kappa shape index (κ3) is 2.99. The predicted octanol–water partition coefficient (Wildman–Crippen LogP) is 2.76. The van der Waals surface area contributed by atoms with Crippen molar-refractivity contribution in [1.29, 1.82) is 0 Å². The van der Waals surface area contributed by atoms with Gasteiger partial charge in [-0.3, -0.25) is 0 Å². The Morgan fingerprint density at radius 2 is 0.923 bits per heavy atom. The molecule has 0 saturated carbocycles. The summed E-state index contributed by atoms with van der Waals surface area (Å²) in [6.07, 6.45) is -2.10. The minimum atomic E-state index is -1.05. The summed E-state index contributed by atoms with van der Waals surface area (Å²) in [6, 6.07) is 8.39. The Morgan fingerprint density at radius 3 is 1.19 bits per heavy atom. The summed E-state index contributed by atoms with van der Waals surface area (Å²) in [7, 11) is 0. The molecule has 5 heteroatoms. The van der Waals surface area contributed by atoms with Crippen molar-refractivity contribution in [1.82, 2.24) is 0 Å². The van der Waals surface area contributed by atoms with E-state index in [4.69, 9.17) is 0 Å². The molecule has 0 radical (unpaired) electrons. The molecule has 0 bridgehead atoms. The first-order chi connectivity index (χ1) is 12.1. The van der Waals surface area contributed by atoms with Crippen LogP contribution >= 0.6 is 0 Å². The Labute approximate surface area is 163 Å². The van der Waals surface area contributed by atoms with E-state index in [-0.39, 0.29) is 0 Å². The molecule has 0 spiro atoms. The summed E-state index contributed by atoms with van der Waals surface area (Å²) in [4.78, 5) is 3.60. The molecule has 1 aliphatic heterocycles. The second kappa shape index (κ2) is 6.82. The number of anilines is 2. The monoisotopic (exact) mass is 418 g/mol. The fourth-order valence-corrected chi connectivity index (χ4v) is 5.01. The zero-order valence-electron chi connectivity index (χ0n) is 16.2. The van der Waals surface area contributed by atoms with Crippen LogP contribution in [-0.2, 0) is 0 Å². The van der Waals surface area contributed by atoms with Crippen LogP contribution in [0.4, 0.5) is 11.4 Å². The minimum absolute atomic E-state index is 0.704.